The second-order valence-electron chi connectivity index (χ2n) is 4.47. The quantitative estimate of drug-likeness (QED) is 0.600. The zero-order chi connectivity index (χ0) is 13.8. The number of nitro groups is 1. The number of nitro benzene ring substituents is 1. The van der Waals surface area contributed by atoms with Crippen LogP contribution in [0.4, 0.5) is 5.69 Å². The molecule has 2 aromatic rings. The van der Waals surface area contributed by atoms with Gasteiger partial charge in [0.1, 0.15) is 0 Å². The van der Waals surface area contributed by atoms with Crippen molar-refractivity contribution in [1.29, 1.82) is 0 Å². The molecule has 0 N–H and O–H groups in total. The van der Waals surface area contributed by atoms with E-state index in [1.54, 1.807) is 0 Å². The second-order valence-corrected chi connectivity index (χ2v) is 4.47. The Bertz CT molecular complexity index is 566. The van der Waals surface area contributed by atoms with Gasteiger partial charge in [0.25, 0.3) is 5.69 Å². The van der Waals surface area contributed by atoms with Gasteiger partial charge >= 0.3 is 0 Å². The highest BCUT2D eigenvalue weighted by Crippen LogP contribution is 2.31. The predicted molar refractivity (Wildman–Crippen MR) is 77.3 cm³/mol. The first-order chi connectivity index (χ1) is 9.17. The number of hydrogen-bond acceptors (Lipinski definition) is 2. The van der Waals surface area contributed by atoms with E-state index in [1.165, 1.54) is 0 Å². The zero-order valence-electron chi connectivity index (χ0n) is 11.2. The minimum Gasteiger partial charge on any atom is -0.258 e. The number of rotatable bonds is 4. The summed E-state index contributed by atoms with van der Waals surface area (Å²) in [7, 11) is 0. The molecule has 0 spiro atoms. The van der Waals surface area contributed by atoms with Gasteiger partial charge in [0.05, 0.1) is 4.92 Å². The first kappa shape index (κ1) is 13.3. The standard InChI is InChI=1S/C16H17NO2/c1-3-12-10-15(14-8-6-5-7-9-14)11-13(4-2)16(12)17(18)19/h5-11H,3-4H2,1-2H3. The molecule has 98 valence electrons. The van der Waals surface area contributed by atoms with Gasteiger partial charge in [-0.3, -0.25) is 10.1 Å². The molecule has 0 fully saturated rings. The fourth-order valence-electron chi connectivity index (χ4n) is 2.33. The van der Waals surface area contributed by atoms with Crippen molar-refractivity contribution in [2.45, 2.75) is 26.7 Å². The molecule has 3 nitrogen and oxygen atoms in total. The topological polar surface area (TPSA) is 43.1 Å². The van der Waals surface area contributed by atoms with Crippen LogP contribution in [0.3, 0.4) is 0 Å². The highest BCUT2D eigenvalue weighted by molar-refractivity contribution is 5.69. The lowest BCUT2D eigenvalue weighted by Gasteiger charge is -2.09. The maximum Gasteiger partial charge on any atom is 0.275 e. The lowest BCUT2D eigenvalue weighted by atomic mass is 9.95. The Hall–Kier alpha value is -2.16. The van der Waals surface area contributed by atoms with Crippen LogP contribution in [0.15, 0.2) is 42.5 Å². The van der Waals surface area contributed by atoms with E-state index in [4.69, 9.17) is 0 Å². The molecule has 0 aromatic heterocycles. The first-order valence-electron chi connectivity index (χ1n) is 6.53. The molecule has 0 aliphatic heterocycles. The van der Waals surface area contributed by atoms with Crippen molar-refractivity contribution < 1.29 is 4.92 Å². The molecule has 0 radical (unpaired) electrons. The van der Waals surface area contributed by atoms with Crippen molar-refractivity contribution in [3.8, 4) is 11.1 Å². The van der Waals surface area contributed by atoms with E-state index in [0.29, 0.717) is 12.8 Å². The molecule has 0 saturated carbocycles. The molecule has 0 amide bonds. The molecule has 0 aliphatic rings. The van der Waals surface area contributed by atoms with Crippen molar-refractivity contribution in [2.24, 2.45) is 0 Å². The molecule has 0 heterocycles. The van der Waals surface area contributed by atoms with E-state index in [9.17, 15) is 10.1 Å². The van der Waals surface area contributed by atoms with Gasteiger partial charge in [0.2, 0.25) is 0 Å². The fraction of sp³-hybridized carbons (Fsp3) is 0.250. The molecule has 2 aromatic carbocycles. The highest BCUT2D eigenvalue weighted by atomic mass is 16.6. The van der Waals surface area contributed by atoms with Crippen LogP contribution in [0, 0.1) is 10.1 Å². The molecular formula is C16H17NO2. The Labute approximate surface area is 113 Å². The Morgan fingerprint density at radius 2 is 1.47 bits per heavy atom. The summed E-state index contributed by atoms with van der Waals surface area (Å²) < 4.78 is 0. The van der Waals surface area contributed by atoms with Crippen molar-refractivity contribution in [3.63, 3.8) is 0 Å². The summed E-state index contributed by atoms with van der Waals surface area (Å²) in [4.78, 5) is 11.0. The summed E-state index contributed by atoms with van der Waals surface area (Å²) in [5, 5.41) is 11.2. The molecule has 0 aliphatic carbocycles. The van der Waals surface area contributed by atoms with E-state index >= 15 is 0 Å². The molecule has 0 bridgehead atoms. The third-order valence-electron chi connectivity index (χ3n) is 3.32. The Morgan fingerprint density at radius 1 is 0.947 bits per heavy atom. The Kier molecular flexibility index (Phi) is 3.95. The SMILES string of the molecule is CCc1cc(-c2ccccc2)cc(CC)c1[N+](=O)[O-]. The normalized spacial score (nSPS) is 10.4. The van der Waals surface area contributed by atoms with Crippen LogP contribution >= 0.6 is 0 Å². The van der Waals surface area contributed by atoms with Crippen molar-refractivity contribution in [3.05, 3.63) is 63.7 Å². The average molecular weight is 255 g/mol. The van der Waals surface area contributed by atoms with Gasteiger partial charge in [-0.2, -0.15) is 0 Å². The number of benzene rings is 2. The Balaban J connectivity index is 2.63. The summed E-state index contributed by atoms with van der Waals surface area (Å²) >= 11 is 0. The monoisotopic (exact) mass is 255 g/mol. The fourth-order valence-corrected chi connectivity index (χ4v) is 2.33. The van der Waals surface area contributed by atoms with Crippen LogP contribution in [-0.2, 0) is 12.8 Å². The van der Waals surface area contributed by atoms with E-state index in [2.05, 4.69) is 0 Å². The number of hydrogen-bond donors (Lipinski definition) is 0. The lowest BCUT2D eigenvalue weighted by molar-refractivity contribution is -0.386. The Morgan fingerprint density at radius 3 is 1.89 bits per heavy atom. The molecule has 0 saturated heterocycles. The number of aryl methyl sites for hydroxylation is 2. The minimum atomic E-state index is -0.258. The van der Waals surface area contributed by atoms with Crippen molar-refractivity contribution >= 4 is 5.69 Å². The summed E-state index contributed by atoms with van der Waals surface area (Å²) in [6.07, 6.45) is 1.34. The molecule has 19 heavy (non-hydrogen) atoms. The molecule has 0 atom stereocenters. The molecular weight excluding hydrogens is 238 g/mol. The third-order valence-corrected chi connectivity index (χ3v) is 3.32. The van der Waals surface area contributed by atoms with E-state index in [1.807, 2.05) is 56.3 Å². The smallest absolute Gasteiger partial charge is 0.258 e. The lowest BCUT2D eigenvalue weighted by Crippen LogP contribution is -2.00. The minimum absolute atomic E-state index is 0.258. The average Bonchev–Trinajstić information content (AvgIpc) is 2.46. The van der Waals surface area contributed by atoms with Crippen molar-refractivity contribution in [1.82, 2.24) is 0 Å². The van der Waals surface area contributed by atoms with Crippen LogP contribution in [0.1, 0.15) is 25.0 Å². The maximum absolute atomic E-state index is 11.2. The number of nitrogens with zero attached hydrogens (tertiary/aromatic N) is 1. The molecule has 0 unspecified atom stereocenters. The largest absolute Gasteiger partial charge is 0.275 e. The predicted octanol–water partition coefficient (Wildman–Crippen LogP) is 4.39. The zero-order valence-corrected chi connectivity index (χ0v) is 11.2. The van der Waals surface area contributed by atoms with E-state index in [-0.39, 0.29) is 10.6 Å². The highest BCUT2D eigenvalue weighted by Gasteiger charge is 2.19. The van der Waals surface area contributed by atoms with Gasteiger partial charge in [-0.05, 0) is 36.1 Å². The first-order valence-corrected chi connectivity index (χ1v) is 6.53. The maximum atomic E-state index is 11.2. The van der Waals surface area contributed by atoms with E-state index < -0.39 is 0 Å². The van der Waals surface area contributed by atoms with Gasteiger partial charge in [-0.1, -0.05) is 44.2 Å². The molecule has 3 heteroatoms. The third kappa shape index (κ3) is 2.65. The van der Waals surface area contributed by atoms with E-state index in [0.717, 1.165) is 22.3 Å². The van der Waals surface area contributed by atoms with Crippen LogP contribution < -0.4 is 0 Å². The summed E-state index contributed by atoms with van der Waals surface area (Å²) in [5.41, 5.74) is 4.05. The van der Waals surface area contributed by atoms with Crippen molar-refractivity contribution in [2.75, 3.05) is 0 Å². The van der Waals surface area contributed by atoms with Gasteiger partial charge in [-0.15, -0.1) is 0 Å². The van der Waals surface area contributed by atoms with Gasteiger partial charge in [0.15, 0.2) is 0 Å². The van der Waals surface area contributed by atoms with Crippen LogP contribution in [-0.4, -0.2) is 4.92 Å². The van der Waals surface area contributed by atoms with Crippen LogP contribution in [0.25, 0.3) is 11.1 Å². The van der Waals surface area contributed by atoms with Crippen LogP contribution in [0.5, 0.6) is 0 Å². The second kappa shape index (κ2) is 5.65. The van der Waals surface area contributed by atoms with Gasteiger partial charge < -0.3 is 0 Å². The van der Waals surface area contributed by atoms with Crippen LogP contribution in [0.2, 0.25) is 0 Å². The molecule has 2 rings (SSSR count). The summed E-state index contributed by atoms with van der Waals surface area (Å²) in [5.74, 6) is 0. The van der Waals surface area contributed by atoms with Gasteiger partial charge in [-0.25, -0.2) is 0 Å². The summed E-state index contributed by atoms with van der Waals surface area (Å²) in [6, 6.07) is 13.9. The summed E-state index contributed by atoms with van der Waals surface area (Å²) in [6.45, 7) is 3.91. The van der Waals surface area contributed by atoms with Gasteiger partial charge in [0, 0.05) is 11.1 Å².